The molecule has 6 aromatic rings. The molecule has 5 heterocycles. The fourth-order valence-corrected chi connectivity index (χ4v) is 4.02. The maximum atomic E-state index is 5.88. The van der Waals surface area contributed by atoms with Gasteiger partial charge in [-0.05, 0) is 66.3 Å². The van der Waals surface area contributed by atoms with Gasteiger partial charge in [-0.15, -0.1) is 6.07 Å². The zero-order valence-electron chi connectivity index (χ0n) is 19.0. The molecular formula is C28H19N5OPt. The number of aromatic nitrogens is 5. The topological polar surface area (TPSA) is 65.7 Å². The fourth-order valence-electron chi connectivity index (χ4n) is 4.02. The Morgan fingerprint density at radius 2 is 1.57 bits per heavy atom. The fraction of sp³-hybridized carbons (Fsp3) is 0.0714. The molecule has 0 aliphatic heterocycles. The molecule has 0 aliphatic rings. The maximum absolute atomic E-state index is 5.88. The van der Waals surface area contributed by atoms with Crippen LogP contribution in [0.1, 0.15) is 11.1 Å². The molecule has 0 unspecified atom stereocenters. The van der Waals surface area contributed by atoms with Crippen LogP contribution in [-0.2, 0) is 21.1 Å². The second-order valence-corrected chi connectivity index (χ2v) is 8.12. The summed E-state index contributed by atoms with van der Waals surface area (Å²) < 4.78 is 7.98. The predicted molar refractivity (Wildman–Crippen MR) is 131 cm³/mol. The van der Waals surface area contributed by atoms with Gasteiger partial charge < -0.3 is 19.3 Å². The number of nitrogens with zero attached hydrogens (tertiary/aromatic N) is 5. The molecule has 7 heteroatoms. The van der Waals surface area contributed by atoms with Gasteiger partial charge in [-0.2, -0.15) is 6.07 Å². The van der Waals surface area contributed by atoms with Crippen molar-refractivity contribution in [3.63, 3.8) is 0 Å². The van der Waals surface area contributed by atoms with Crippen molar-refractivity contribution < 1.29 is 25.8 Å². The Hall–Kier alpha value is -3.89. The molecule has 5 aromatic heterocycles. The first-order valence-corrected chi connectivity index (χ1v) is 10.9. The minimum absolute atomic E-state index is 0. The summed E-state index contributed by atoms with van der Waals surface area (Å²) in [6.45, 7) is 4.05. The third kappa shape index (κ3) is 4.33. The zero-order valence-corrected chi connectivity index (χ0v) is 21.2. The van der Waals surface area contributed by atoms with Crippen LogP contribution in [0, 0.1) is 26.0 Å². The van der Waals surface area contributed by atoms with Crippen LogP contribution in [0.15, 0.2) is 79.5 Å². The summed E-state index contributed by atoms with van der Waals surface area (Å²) in [6.07, 6.45) is 8.68. The first kappa shape index (κ1) is 22.9. The number of benzene rings is 1. The molecule has 0 radical (unpaired) electrons. The third-order valence-electron chi connectivity index (χ3n) is 5.60. The number of pyridine rings is 4. The summed E-state index contributed by atoms with van der Waals surface area (Å²) in [7, 11) is 0. The number of rotatable bonds is 4. The monoisotopic (exact) mass is 636 g/mol. The van der Waals surface area contributed by atoms with E-state index in [1.165, 1.54) is 0 Å². The number of ether oxygens (including phenoxy) is 1. The Morgan fingerprint density at radius 3 is 2.40 bits per heavy atom. The molecule has 0 saturated carbocycles. The summed E-state index contributed by atoms with van der Waals surface area (Å²) in [5.74, 6) is 1.80. The summed E-state index contributed by atoms with van der Waals surface area (Å²) in [5.41, 5.74) is 6.43. The van der Waals surface area contributed by atoms with Gasteiger partial charge in [0.25, 0.3) is 0 Å². The van der Waals surface area contributed by atoms with Crippen molar-refractivity contribution in [2.24, 2.45) is 0 Å². The molecule has 0 bridgehead atoms. The van der Waals surface area contributed by atoms with E-state index in [4.69, 9.17) is 9.72 Å². The van der Waals surface area contributed by atoms with Gasteiger partial charge in [0.2, 0.25) is 5.88 Å². The largest absolute Gasteiger partial charge is 2.00 e. The summed E-state index contributed by atoms with van der Waals surface area (Å²) in [6, 6.07) is 22.8. The van der Waals surface area contributed by atoms with Crippen molar-refractivity contribution in [3.8, 4) is 28.6 Å². The smallest absolute Gasteiger partial charge is 0.458 e. The van der Waals surface area contributed by atoms with Gasteiger partial charge in [0.05, 0.1) is 5.75 Å². The van der Waals surface area contributed by atoms with E-state index in [-0.39, 0.29) is 21.1 Å². The molecular weight excluding hydrogens is 617 g/mol. The quantitative estimate of drug-likeness (QED) is 0.221. The normalized spacial score (nSPS) is 10.9. The average molecular weight is 637 g/mol. The van der Waals surface area contributed by atoms with Gasteiger partial charge in [0.1, 0.15) is 5.82 Å². The first-order valence-electron chi connectivity index (χ1n) is 10.9. The van der Waals surface area contributed by atoms with Crippen molar-refractivity contribution in [3.05, 3.63) is 103 Å². The molecule has 35 heavy (non-hydrogen) atoms. The molecule has 1 aromatic carbocycles. The van der Waals surface area contributed by atoms with Crippen LogP contribution in [0.3, 0.4) is 0 Å². The van der Waals surface area contributed by atoms with Gasteiger partial charge in [0, 0.05) is 29.5 Å². The SMILES string of the molecule is Cc1ccnc(Oc2[c-]c(-c3[c-]c4c(nc3)c3ccccc3n4-c3cc(C)ccn3)cnc2)c1.[Pt+2]. The van der Waals surface area contributed by atoms with Gasteiger partial charge in [0.15, 0.2) is 0 Å². The van der Waals surface area contributed by atoms with Gasteiger partial charge in [-0.3, -0.25) is 0 Å². The number of hydrogen-bond acceptors (Lipinski definition) is 5. The Kier molecular flexibility index (Phi) is 6.14. The van der Waals surface area contributed by atoms with Crippen LogP contribution in [-0.4, -0.2) is 24.5 Å². The second kappa shape index (κ2) is 9.40. The molecule has 0 saturated heterocycles. The molecule has 0 spiro atoms. The Labute approximate surface area is 216 Å². The van der Waals surface area contributed by atoms with E-state index in [0.29, 0.717) is 11.6 Å². The second-order valence-electron chi connectivity index (χ2n) is 8.12. The molecule has 6 rings (SSSR count). The summed E-state index contributed by atoms with van der Waals surface area (Å²) in [5, 5.41) is 1.05. The molecule has 172 valence electrons. The van der Waals surface area contributed by atoms with Crippen molar-refractivity contribution >= 4 is 21.9 Å². The summed E-state index contributed by atoms with van der Waals surface area (Å²) >= 11 is 0. The third-order valence-corrected chi connectivity index (χ3v) is 5.60. The number of fused-ring (bicyclic) bond motifs is 3. The summed E-state index contributed by atoms with van der Waals surface area (Å²) in [4.78, 5) is 18.0. The Balaban J connectivity index is 0.00000253. The van der Waals surface area contributed by atoms with E-state index in [2.05, 4.69) is 56.8 Å². The van der Waals surface area contributed by atoms with E-state index >= 15 is 0 Å². The maximum Gasteiger partial charge on any atom is 2.00 e. The average Bonchev–Trinajstić information content (AvgIpc) is 3.18. The molecule has 6 nitrogen and oxygen atoms in total. The Bertz CT molecular complexity index is 1680. The van der Waals surface area contributed by atoms with Crippen molar-refractivity contribution in [1.29, 1.82) is 0 Å². The van der Waals surface area contributed by atoms with E-state index in [1.54, 1.807) is 24.8 Å². The minimum Gasteiger partial charge on any atom is -0.458 e. The van der Waals surface area contributed by atoms with Gasteiger partial charge in [-0.1, -0.05) is 30.6 Å². The molecule has 0 atom stereocenters. The van der Waals surface area contributed by atoms with Gasteiger partial charge >= 0.3 is 21.1 Å². The van der Waals surface area contributed by atoms with Crippen LogP contribution in [0.5, 0.6) is 11.6 Å². The number of aryl methyl sites for hydroxylation is 2. The minimum atomic E-state index is 0. The molecule has 0 N–H and O–H groups in total. The molecule has 0 fully saturated rings. The molecule has 0 aliphatic carbocycles. The van der Waals surface area contributed by atoms with Crippen LogP contribution in [0.4, 0.5) is 0 Å². The van der Waals surface area contributed by atoms with Crippen LogP contribution in [0.25, 0.3) is 38.9 Å². The zero-order chi connectivity index (χ0) is 23.1. The van der Waals surface area contributed by atoms with E-state index in [9.17, 15) is 0 Å². The van der Waals surface area contributed by atoms with Crippen molar-refractivity contribution in [2.75, 3.05) is 0 Å². The number of para-hydroxylation sites is 1. The van der Waals surface area contributed by atoms with Crippen LogP contribution >= 0.6 is 0 Å². The van der Waals surface area contributed by atoms with E-state index in [0.717, 1.165) is 50.0 Å². The number of hydrogen-bond donors (Lipinski definition) is 0. The standard InChI is InChI=1S/C28H19N5O.Pt/c1-18-7-9-30-26(11-18)33-24-6-4-3-5-23(24)28-25(33)14-21(16-32-28)20-13-22(17-29-15-20)34-27-12-19(2)8-10-31-27;/h3-12,15-17H,1-2H3;/q-2;+2. The van der Waals surface area contributed by atoms with Gasteiger partial charge in [-0.25, -0.2) is 21.1 Å². The Morgan fingerprint density at radius 1 is 0.800 bits per heavy atom. The van der Waals surface area contributed by atoms with E-state index in [1.807, 2.05) is 43.5 Å². The van der Waals surface area contributed by atoms with Crippen molar-refractivity contribution in [1.82, 2.24) is 24.5 Å². The van der Waals surface area contributed by atoms with E-state index < -0.39 is 0 Å². The van der Waals surface area contributed by atoms with Crippen LogP contribution in [0.2, 0.25) is 0 Å². The first-order chi connectivity index (χ1) is 16.7. The predicted octanol–water partition coefficient (Wildman–Crippen LogP) is 6.04. The van der Waals surface area contributed by atoms with Crippen LogP contribution < -0.4 is 4.74 Å². The molecule has 0 amide bonds. The van der Waals surface area contributed by atoms with Crippen molar-refractivity contribution in [2.45, 2.75) is 13.8 Å².